The molecule has 0 aromatic heterocycles. The fourth-order valence-corrected chi connectivity index (χ4v) is 2.42. The van der Waals surface area contributed by atoms with Gasteiger partial charge in [0.15, 0.2) is 0 Å². The number of benzene rings is 2. The minimum absolute atomic E-state index is 0.110. The highest BCUT2D eigenvalue weighted by atomic mass is 79.9. The number of ether oxygens (including phenoxy) is 2. The molecule has 0 aliphatic rings. The Bertz CT molecular complexity index is 722. The summed E-state index contributed by atoms with van der Waals surface area (Å²) in [6.07, 6.45) is -0.707. The monoisotopic (exact) mass is 397 g/mol. The van der Waals surface area contributed by atoms with Gasteiger partial charge in [-0.15, -0.1) is 0 Å². The van der Waals surface area contributed by atoms with Crippen LogP contribution in [0.5, 0.6) is 0 Å². The van der Waals surface area contributed by atoms with Gasteiger partial charge in [0.25, 0.3) is 0 Å². The smallest absolute Gasteiger partial charge is 0.412 e. The highest BCUT2D eigenvalue weighted by Gasteiger charge is 2.19. The lowest BCUT2D eigenvalue weighted by molar-refractivity contribution is 0.0602. The normalized spacial score (nSPS) is 10.0. The van der Waals surface area contributed by atoms with Gasteiger partial charge in [0.05, 0.1) is 27.9 Å². The van der Waals surface area contributed by atoms with Crippen molar-refractivity contribution in [2.45, 2.75) is 6.61 Å². The van der Waals surface area contributed by atoms with Gasteiger partial charge < -0.3 is 9.47 Å². The van der Waals surface area contributed by atoms with E-state index in [1.54, 1.807) is 0 Å². The van der Waals surface area contributed by atoms with Gasteiger partial charge in [-0.05, 0) is 33.6 Å². The van der Waals surface area contributed by atoms with Crippen molar-refractivity contribution in [2.24, 2.45) is 0 Å². The van der Waals surface area contributed by atoms with E-state index in [4.69, 9.17) is 16.3 Å². The molecule has 0 saturated carbocycles. The second-order valence-corrected chi connectivity index (χ2v) is 5.66. The zero-order chi connectivity index (χ0) is 16.8. The van der Waals surface area contributed by atoms with Crippen LogP contribution in [0.25, 0.3) is 0 Å². The summed E-state index contributed by atoms with van der Waals surface area (Å²) in [4.78, 5) is 23.7. The van der Waals surface area contributed by atoms with E-state index in [-0.39, 0.29) is 17.9 Å². The van der Waals surface area contributed by atoms with Crippen LogP contribution in [0.3, 0.4) is 0 Å². The van der Waals surface area contributed by atoms with Gasteiger partial charge in [-0.1, -0.05) is 41.9 Å². The summed E-state index contributed by atoms with van der Waals surface area (Å²) < 4.78 is 10.2. The first kappa shape index (κ1) is 17.3. The Morgan fingerprint density at radius 2 is 1.87 bits per heavy atom. The number of hydrogen-bond acceptors (Lipinski definition) is 4. The summed E-state index contributed by atoms with van der Waals surface area (Å²) in [5.41, 5.74) is 1.21. The van der Waals surface area contributed by atoms with Gasteiger partial charge in [0.1, 0.15) is 6.61 Å². The third-order valence-corrected chi connectivity index (χ3v) is 4.31. The van der Waals surface area contributed by atoms with Gasteiger partial charge in [0.2, 0.25) is 0 Å². The minimum atomic E-state index is -0.707. The number of methoxy groups -OCH3 is 1. The topological polar surface area (TPSA) is 64.6 Å². The van der Waals surface area contributed by atoms with Crippen molar-refractivity contribution in [2.75, 3.05) is 12.4 Å². The van der Waals surface area contributed by atoms with Crippen LogP contribution in [0, 0.1) is 0 Å². The van der Waals surface area contributed by atoms with Crippen LogP contribution in [-0.2, 0) is 16.1 Å². The molecule has 120 valence electrons. The van der Waals surface area contributed by atoms with Crippen LogP contribution in [0.4, 0.5) is 10.5 Å². The molecule has 2 rings (SSSR count). The fraction of sp³-hybridized carbons (Fsp3) is 0.125. The summed E-state index contributed by atoms with van der Waals surface area (Å²) in [7, 11) is 1.25. The zero-order valence-corrected chi connectivity index (χ0v) is 14.5. The highest BCUT2D eigenvalue weighted by molar-refractivity contribution is 9.10. The number of carbonyl (C=O) groups excluding carboxylic acids is 2. The highest BCUT2D eigenvalue weighted by Crippen LogP contribution is 2.34. The van der Waals surface area contributed by atoms with Crippen LogP contribution in [0.15, 0.2) is 46.9 Å². The summed E-state index contributed by atoms with van der Waals surface area (Å²) in [6.45, 7) is 0.110. The molecule has 1 amide bonds. The first-order chi connectivity index (χ1) is 11.0. The van der Waals surface area contributed by atoms with Crippen LogP contribution < -0.4 is 5.32 Å². The summed E-state index contributed by atoms with van der Waals surface area (Å²) in [5, 5.41) is 2.86. The molecule has 0 heterocycles. The van der Waals surface area contributed by atoms with Gasteiger partial charge in [0, 0.05) is 0 Å². The van der Waals surface area contributed by atoms with Gasteiger partial charge in [-0.2, -0.15) is 0 Å². The number of rotatable bonds is 4. The SMILES string of the molecule is COC(=O)c1ccc(Cl)c(Br)c1NC(=O)OCc1ccccc1. The Morgan fingerprint density at radius 1 is 1.17 bits per heavy atom. The molecule has 0 atom stereocenters. The average Bonchev–Trinajstić information content (AvgIpc) is 2.57. The zero-order valence-electron chi connectivity index (χ0n) is 12.1. The van der Waals surface area contributed by atoms with E-state index >= 15 is 0 Å². The van der Waals surface area contributed by atoms with E-state index in [1.807, 2.05) is 30.3 Å². The van der Waals surface area contributed by atoms with Crippen molar-refractivity contribution in [1.29, 1.82) is 0 Å². The molecule has 23 heavy (non-hydrogen) atoms. The van der Waals surface area contributed by atoms with Crippen LogP contribution in [0.2, 0.25) is 5.02 Å². The van der Waals surface area contributed by atoms with Crippen molar-refractivity contribution in [3.8, 4) is 0 Å². The molecule has 1 N–H and O–H groups in total. The molecule has 2 aromatic rings. The Morgan fingerprint density at radius 3 is 2.52 bits per heavy atom. The quantitative estimate of drug-likeness (QED) is 0.762. The van der Waals surface area contributed by atoms with E-state index in [9.17, 15) is 9.59 Å². The van der Waals surface area contributed by atoms with Crippen LogP contribution in [0.1, 0.15) is 15.9 Å². The summed E-state index contributed by atoms with van der Waals surface area (Å²) >= 11 is 9.24. The second-order valence-electron chi connectivity index (χ2n) is 4.46. The average molecular weight is 399 g/mol. The molecule has 0 saturated heterocycles. The molecule has 0 fully saturated rings. The lowest BCUT2D eigenvalue weighted by Gasteiger charge is -2.13. The Kier molecular flexibility index (Phi) is 6.01. The number of halogens is 2. The molecule has 7 heteroatoms. The molecule has 5 nitrogen and oxygen atoms in total. The van der Waals surface area contributed by atoms with E-state index in [1.165, 1.54) is 19.2 Å². The van der Waals surface area contributed by atoms with Crippen LogP contribution >= 0.6 is 27.5 Å². The first-order valence-electron chi connectivity index (χ1n) is 6.57. The minimum Gasteiger partial charge on any atom is -0.465 e. The lowest BCUT2D eigenvalue weighted by Crippen LogP contribution is -2.17. The predicted molar refractivity (Wildman–Crippen MR) is 90.7 cm³/mol. The van der Waals surface area contributed by atoms with E-state index in [0.717, 1.165) is 5.56 Å². The van der Waals surface area contributed by atoms with Gasteiger partial charge in [-0.25, -0.2) is 9.59 Å². The molecule has 2 aromatic carbocycles. The largest absolute Gasteiger partial charge is 0.465 e. The molecular formula is C16H13BrClNO4. The van der Waals surface area contributed by atoms with Crippen molar-refractivity contribution in [1.82, 2.24) is 0 Å². The number of nitrogens with one attached hydrogen (secondary N) is 1. The fourth-order valence-electron chi connectivity index (χ4n) is 1.81. The maximum atomic E-state index is 12.0. The molecular weight excluding hydrogens is 386 g/mol. The number of esters is 1. The maximum absolute atomic E-state index is 12.0. The lowest BCUT2D eigenvalue weighted by atomic mass is 10.2. The Balaban J connectivity index is 2.13. The maximum Gasteiger partial charge on any atom is 0.412 e. The summed E-state index contributed by atoms with van der Waals surface area (Å²) in [5.74, 6) is -0.597. The molecule has 0 unspecified atom stereocenters. The predicted octanol–water partition coefficient (Wildman–Crippen LogP) is 4.64. The van der Waals surface area contributed by atoms with Crippen molar-refractivity contribution in [3.05, 3.63) is 63.1 Å². The first-order valence-corrected chi connectivity index (χ1v) is 7.74. The van der Waals surface area contributed by atoms with Gasteiger partial charge in [-0.3, -0.25) is 5.32 Å². The van der Waals surface area contributed by atoms with E-state index < -0.39 is 12.1 Å². The Labute approximate surface area is 146 Å². The number of amides is 1. The van der Waals surface area contributed by atoms with E-state index in [2.05, 4.69) is 26.0 Å². The third kappa shape index (κ3) is 4.46. The molecule has 0 aliphatic heterocycles. The van der Waals surface area contributed by atoms with E-state index in [0.29, 0.717) is 9.50 Å². The summed E-state index contributed by atoms with van der Waals surface area (Å²) in [6, 6.07) is 12.2. The van der Waals surface area contributed by atoms with Crippen LogP contribution in [-0.4, -0.2) is 19.2 Å². The number of carbonyl (C=O) groups is 2. The van der Waals surface area contributed by atoms with Gasteiger partial charge >= 0.3 is 12.1 Å². The van der Waals surface area contributed by atoms with Crippen molar-refractivity contribution < 1.29 is 19.1 Å². The third-order valence-electron chi connectivity index (χ3n) is 2.94. The number of anilines is 1. The molecule has 0 aliphatic carbocycles. The number of hydrogen-bond donors (Lipinski definition) is 1. The molecule has 0 radical (unpaired) electrons. The molecule has 0 spiro atoms. The van der Waals surface area contributed by atoms with Crippen molar-refractivity contribution in [3.63, 3.8) is 0 Å². The second kappa shape index (κ2) is 7.99. The standard InChI is InChI=1S/C16H13BrClNO4/c1-22-15(20)11-7-8-12(18)13(17)14(11)19-16(21)23-9-10-5-3-2-4-6-10/h2-8H,9H2,1H3,(H,19,21). The Hall–Kier alpha value is -2.05. The molecule has 0 bridgehead atoms. The van der Waals surface area contributed by atoms with Crippen molar-refractivity contribution >= 4 is 45.3 Å².